The maximum atomic E-state index is 6.65. The molecule has 0 saturated carbocycles. The Morgan fingerprint density at radius 2 is 1.16 bits per heavy atom. The second-order valence-corrected chi connectivity index (χ2v) is 15.2. The number of aliphatic imine (C=N–C) groups is 2. The molecule has 0 radical (unpaired) electrons. The number of furan rings is 1. The first kappa shape index (κ1) is 36.0. The van der Waals surface area contributed by atoms with Crippen molar-refractivity contribution in [3.05, 3.63) is 223 Å². The van der Waals surface area contributed by atoms with E-state index in [0.29, 0.717) is 12.2 Å². The SMILES string of the molecule is C=N/C(=C\C(=NCc1ccccc1)c1ccc(-c2ccccc2)cc1)c1cc(-c2nc3ccccc3c3oc4ccccc4c23)cc(-n2c3ccccc3c3ccccc32)c1. The fourth-order valence-corrected chi connectivity index (χ4v) is 8.64. The van der Waals surface area contributed by atoms with Crippen LogP contribution in [-0.2, 0) is 6.54 Å². The van der Waals surface area contributed by atoms with E-state index in [2.05, 4.69) is 181 Å². The monoisotopic (exact) mass is 782 g/mol. The molecular formula is C56H38N4O. The molecule has 0 amide bonds. The number of benzene rings is 8. The number of hydrogen-bond acceptors (Lipinski definition) is 4. The number of rotatable bonds is 9. The Labute approximate surface area is 352 Å². The average Bonchev–Trinajstić information content (AvgIpc) is 3.89. The average molecular weight is 783 g/mol. The van der Waals surface area contributed by atoms with E-state index in [1.807, 2.05) is 36.4 Å². The minimum absolute atomic E-state index is 0.511. The maximum absolute atomic E-state index is 6.65. The van der Waals surface area contributed by atoms with Crippen molar-refractivity contribution in [1.29, 1.82) is 0 Å². The third kappa shape index (κ3) is 6.49. The van der Waals surface area contributed by atoms with E-state index in [1.54, 1.807) is 0 Å². The summed E-state index contributed by atoms with van der Waals surface area (Å²) in [6, 6.07) is 69.6. The van der Waals surface area contributed by atoms with Gasteiger partial charge in [-0.3, -0.25) is 9.98 Å². The lowest BCUT2D eigenvalue weighted by atomic mass is 9.97. The van der Waals surface area contributed by atoms with Crippen LogP contribution < -0.4 is 0 Å². The molecule has 11 rings (SSSR count). The van der Waals surface area contributed by atoms with Crippen molar-refractivity contribution in [3.63, 3.8) is 0 Å². The smallest absolute Gasteiger partial charge is 0.147 e. The molecular weight excluding hydrogens is 745 g/mol. The number of allylic oxidation sites excluding steroid dienone is 1. The van der Waals surface area contributed by atoms with Crippen molar-refractivity contribution in [2.24, 2.45) is 9.98 Å². The molecule has 0 N–H and O–H groups in total. The molecule has 288 valence electrons. The molecule has 3 heterocycles. The lowest BCUT2D eigenvalue weighted by molar-refractivity contribution is 0.672. The van der Waals surface area contributed by atoms with Gasteiger partial charge in [-0.15, -0.1) is 0 Å². The van der Waals surface area contributed by atoms with Crippen LogP contribution in [0.15, 0.2) is 221 Å². The zero-order chi connectivity index (χ0) is 40.7. The highest BCUT2D eigenvalue weighted by atomic mass is 16.3. The Hall–Kier alpha value is -8.15. The van der Waals surface area contributed by atoms with Gasteiger partial charge in [0.05, 0.1) is 45.6 Å². The number of nitrogens with zero attached hydrogens (tertiary/aromatic N) is 4. The molecule has 0 spiro atoms. The standard InChI is InChI=1S/C56H38N4O/c1-57-49(35-50(58-36-37-16-4-2-5-17-37)40-30-28-39(29-31-40)38-18-6-3-7-19-38)41-32-42(34-43(33-41)60-51-25-13-9-20-44(51)45-21-10-14-26-52(45)60)55-54-47-23-11-15-27-53(47)61-56(54)46-22-8-12-24-48(46)59-55/h2-35H,1,36H2/b49-35-,58-50?. The number of fused-ring (bicyclic) bond motifs is 8. The van der Waals surface area contributed by atoms with Crippen LogP contribution in [0.25, 0.3) is 88.4 Å². The van der Waals surface area contributed by atoms with Crippen molar-refractivity contribution in [2.75, 3.05) is 0 Å². The summed E-state index contributed by atoms with van der Waals surface area (Å²) in [5.74, 6) is 0. The molecule has 11 aromatic rings. The molecule has 0 bridgehead atoms. The Kier molecular flexibility index (Phi) is 8.98. The molecule has 8 aromatic carbocycles. The van der Waals surface area contributed by atoms with Crippen LogP contribution in [0.3, 0.4) is 0 Å². The Morgan fingerprint density at radius 1 is 0.557 bits per heavy atom. The van der Waals surface area contributed by atoms with Crippen LogP contribution in [0.4, 0.5) is 0 Å². The lowest BCUT2D eigenvalue weighted by Gasteiger charge is -2.15. The minimum atomic E-state index is 0.511. The second kappa shape index (κ2) is 15.2. The van der Waals surface area contributed by atoms with Gasteiger partial charge in [-0.2, -0.15) is 0 Å². The Bertz CT molecular complexity index is 3450. The summed E-state index contributed by atoms with van der Waals surface area (Å²) in [5, 5.41) is 5.33. The van der Waals surface area contributed by atoms with Gasteiger partial charge in [0.1, 0.15) is 11.2 Å². The van der Waals surface area contributed by atoms with Crippen LogP contribution in [-0.4, -0.2) is 22.0 Å². The summed E-state index contributed by atoms with van der Waals surface area (Å²) in [6.45, 7) is 4.67. The molecule has 0 atom stereocenters. The van der Waals surface area contributed by atoms with Crippen molar-refractivity contribution < 1.29 is 4.42 Å². The normalized spacial score (nSPS) is 12.3. The molecule has 3 aromatic heterocycles. The number of hydrogen-bond donors (Lipinski definition) is 0. The fourth-order valence-electron chi connectivity index (χ4n) is 8.64. The van der Waals surface area contributed by atoms with E-state index in [0.717, 1.165) is 94.3 Å². The van der Waals surface area contributed by atoms with Gasteiger partial charge in [-0.25, -0.2) is 4.98 Å². The van der Waals surface area contributed by atoms with Crippen molar-refractivity contribution in [3.8, 4) is 28.1 Å². The molecule has 0 unspecified atom stereocenters. The van der Waals surface area contributed by atoms with E-state index >= 15 is 0 Å². The van der Waals surface area contributed by atoms with Gasteiger partial charge in [0, 0.05) is 38.4 Å². The van der Waals surface area contributed by atoms with Crippen LogP contribution in [0, 0.1) is 0 Å². The van der Waals surface area contributed by atoms with Gasteiger partial charge >= 0.3 is 0 Å². The van der Waals surface area contributed by atoms with E-state index < -0.39 is 0 Å². The number of para-hydroxylation sites is 4. The Balaban J connectivity index is 1.16. The fraction of sp³-hybridized carbons (Fsp3) is 0.0179. The summed E-state index contributed by atoms with van der Waals surface area (Å²) in [5.41, 5.74) is 14.3. The third-order valence-electron chi connectivity index (χ3n) is 11.5. The molecule has 61 heavy (non-hydrogen) atoms. The molecule has 0 aliphatic rings. The highest BCUT2D eigenvalue weighted by Crippen LogP contribution is 2.42. The summed E-state index contributed by atoms with van der Waals surface area (Å²) in [7, 11) is 0. The molecule has 5 heteroatoms. The topological polar surface area (TPSA) is 55.7 Å². The van der Waals surface area contributed by atoms with E-state index in [-0.39, 0.29) is 0 Å². The van der Waals surface area contributed by atoms with Crippen LogP contribution >= 0.6 is 0 Å². The first-order chi connectivity index (χ1) is 30.2. The zero-order valence-electron chi connectivity index (χ0n) is 33.2. The lowest BCUT2D eigenvalue weighted by Crippen LogP contribution is -2.01. The predicted molar refractivity (Wildman–Crippen MR) is 255 cm³/mol. The second-order valence-electron chi connectivity index (χ2n) is 15.2. The highest BCUT2D eigenvalue weighted by Gasteiger charge is 2.21. The van der Waals surface area contributed by atoms with Crippen LogP contribution in [0.1, 0.15) is 16.7 Å². The van der Waals surface area contributed by atoms with Gasteiger partial charge < -0.3 is 8.98 Å². The van der Waals surface area contributed by atoms with Gasteiger partial charge in [0.25, 0.3) is 0 Å². The minimum Gasteiger partial charge on any atom is -0.455 e. The van der Waals surface area contributed by atoms with E-state index in [9.17, 15) is 0 Å². The first-order valence-electron chi connectivity index (χ1n) is 20.5. The number of aromatic nitrogens is 2. The summed E-state index contributed by atoms with van der Waals surface area (Å²) < 4.78 is 8.99. The predicted octanol–water partition coefficient (Wildman–Crippen LogP) is 14.3. The van der Waals surface area contributed by atoms with Gasteiger partial charge in [-0.1, -0.05) is 152 Å². The zero-order valence-corrected chi connectivity index (χ0v) is 33.2. The summed E-state index contributed by atoms with van der Waals surface area (Å²) in [6.07, 6.45) is 2.07. The molecule has 0 fully saturated rings. The highest BCUT2D eigenvalue weighted by molar-refractivity contribution is 6.19. The quantitative estimate of drug-likeness (QED) is 0.137. The largest absolute Gasteiger partial charge is 0.455 e. The van der Waals surface area contributed by atoms with E-state index in [1.165, 1.54) is 10.8 Å². The van der Waals surface area contributed by atoms with Gasteiger partial charge in [0.15, 0.2) is 0 Å². The first-order valence-corrected chi connectivity index (χ1v) is 20.5. The van der Waals surface area contributed by atoms with Crippen molar-refractivity contribution in [1.82, 2.24) is 9.55 Å². The molecule has 5 nitrogen and oxygen atoms in total. The summed E-state index contributed by atoms with van der Waals surface area (Å²) >= 11 is 0. The van der Waals surface area contributed by atoms with Crippen LogP contribution in [0.2, 0.25) is 0 Å². The number of pyridine rings is 1. The van der Waals surface area contributed by atoms with Crippen molar-refractivity contribution in [2.45, 2.75) is 6.54 Å². The van der Waals surface area contributed by atoms with Crippen LogP contribution in [0.5, 0.6) is 0 Å². The molecule has 0 aliphatic heterocycles. The van der Waals surface area contributed by atoms with E-state index in [4.69, 9.17) is 19.4 Å². The summed E-state index contributed by atoms with van der Waals surface area (Å²) in [4.78, 5) is 15.4. The Morgan fingerprint density at radius 3 is 1.89 bits per heavy atom. The third-order valence-corrected chi connectivity index (χ3v) is 11.5. The van der Waals surface area contributed by atoms with Crippen molar-refractivity contribution >= 4 is 72.8 Å². The molecule has 0 aliphatic carbocycles. The van der Waals surface area contributed by atoms with Gasteiger partial charge in [-0.05, 0) is 83.6 Å². The maximum Gasteiger partial charge on any atom is 0.147 e. The molecule has 0 saturated heterocycles. The van der Waals surface area contributed by atoms with Gasteiger partial charge in [0.2, 0.25) is 0 Å².